The fourth-order valence-corrected chi connectivity index (χ4v) is 4.57. The Bertz CT molecular complexity index is 1470. The van der Waals surface area contributed by atoms with Crippen molar-refractivity contribution in [3.8, 4) is 22.8 Å². The molecule has 0 saturated carbocycles. The van der Waals surface area contributed by atoms with Gasteiger partial charge >= 0.3 is 0 Å². The number of halogens is 3. The van der Waals surface area contributed by atoms with Crippen molar-refractivity contribution in [2.45, 2.75) is 18.9 Å². The summed E-state index contributed by atoms with van der Waals surface area (Å²) >= 11 is 3.18. The van der Waals surface area contributed by atoms with Crippen molar-refractivity contribution in [2.24, 2.45) is 0 Å². The summed E-state index contributed by atoms with van der Waals surface area (Å²) < 4.78 is 34.4. The zero-order valence-corrected chi connectivity index (χ0v) is 20.6. The maximum atomic E-state index is 13.5. The summed E-state index contributed by atoms with van der Waals surface area (Å²) in [6.45, 7) is 4.80. The third-order valence-electron chi connectivity index (χ3n) is 6.03. The van der Waals surface area contributed by atoms with Crippen LogP contribution in [-0.4, -0.2) is 43.6 Å². The molecule has 0 bridgehead atoms. The summed E-state index contributed by atoms with van der Waals surface area (Å²) in [7, 11) is 0. The Balaban J connectivity index is 1.47. The predicted octanol–water partition coefficient (Wildman–Crippen LogP) is 5.22. The van der Waals surface area contributed by atoms with E-state index in [0.717, 1.165) is 30.5 Å². The van der Waals surface area contributed by atoms with Gasteiger partial charge in [0.15, 0.2) is 17.3 Å². The van der Waals surface area contributed by atoms with E-state index in [0.29, 0.717) is 45.9 Å². The number of likely N-dealkylation sites (tertiary alicyclic amines) is 1. The first-order valence-corrected chi connectivity index (χ1v) is 12.0. The maximum Gasteiger partial charge on any atom is 0.260 e. The second kappa shape index (κ2) is 9.65. The Morgan fingerprint density at radius 2 is 1.86 bits per heavy atom. The van der Waals surface area contributed by atoms with Crippen molar-refractivity contribution in [1.82, 2.24) is 24.6 Å². The third kappa shape index (κ3) is 4.53. The minimum atomic E-state index is -0.986. The standard InChI is InChI=1S/C25H21BrF2N6O2/c1-14(26)25(35)33-10-2-3-16(12-33)34-24-21(23(29)30-13-31-24)22(32-34)15-4-6-17(7-5-15)36-18-8-9-19(27)20(28)11-18/h4-9,11,13,16H,1-3,10,12H2,(H2,29,30,31)/t16-/m1/s1. The molecule has 5 rings (SSSR count). The number of carbonyl (C=O) groups excluding carboxylic acids is 1. The number of anilines is 1. The molecule has 1 amide bonds. The lowest BCUT2D eigenvalue weighted by Gasteiger charge is -2.32. The van der Waals surface area contributed by atoms with Gasteiger partial charge in [0, 0.05) is 24.7 Å². The molecule has 0 aliphatic carbocycles. The van der Waals surface area contributed by atoms with Gasteiger partial charge in [0.05, 0.1) is 15.9 Å². The van der Waals surface area contributed by atoms with Crippen LogP contribution in [0.2, 0.25) is 0 Å². The Labute approximate surface area is 213 Å². The van der Waals surface area contributed by atoms with Gasteiger partial charge in [-0.15, -0.1) is 0 Å². The summed E-state index contributed by atoms with van der Waals surface area (Å²) in [5, 5.41) is 5.46. The first-order valence-electron chi connectivity index (χ1n) is 11.2. The zero-order chi connectivity index (χ0) is 25.4. The molecule has 4 aromatic rings. The zero-order valence-electron chi connectivity index (χ0n) is 19.0. The molecule has 1 atom stereocenters. The molecule has 8 nitrogen and oxygen atoms in total. The van der Waals surface area contributed by atoms with Crippen LogP contribution in [0, 0.1) is 11.6 Å². The average Bonchev–Trinajstić information content (AvgIpc) is 3.27. The van der Waals surface area contributed by atoms with Gasteiger partial charge in [-0.3, -0.25) is 4.79 Å². The molecule has 3 heterocycles. The maximum absolute atomic E-state index is 13.5. The highest BCUT2D eigenvalue weighted by Crippen LogP contribution is 2.35. The van der Waals surface area contributed by atoms with Gasteiger partial charge in [-0.1, -0.05) is 6.58 Å². The molecule has 1 aliphatic rings. The number of nitrogens with zero attached hydrogens (tertiary/aromatic N) is 5. The molecule has 2 aromatic heterocycles. The van der Waals surface area contributed by atoms with E-state index in [-0.39, 0.29) is 17.7 Å². The minimum absolute atomic E-state index is 0.101. The largest absolute Gasteiger partial charge is 0.457 e. The number of hydrogen-bond donors (Lipinski definition) is 1. The fraction of sp³-hybridized carbons (Fsp3) is 0.200. The van der Waals surface area contributed by atoms with Crippen LogP contribution in [-0.2, 0) is 4.79 Å². The van der Waals surface area contributed by atoms with Crippen molar-refractivity contribution in [3.05, 3.63) is 71.5 Å². The number of benzene rings is 2. The average molecular weight is 555 g/mol. The fourth-order valence-electron chi connectivity index (χ4n) is 4.32. The highest BCUT2D eigenvalue weighted by Gasteiger charge is 2.29. The van der Waals surface area contributed by atoms with Crippen LogP contribution in [0.25, 0.3) is 22.3 Å². The van der Waals surface area contributed by atoms with E-state index in [9.17, 15) is 13.6 Å². The lowest BCUT2D eigenvalue weighted by Crippen LogP contribution is -2.41. The summed E-state index contributed by atoms with van der Waals surface area (Å²) in [5.74, 6) is -1.17. The van der Waals surface area contributed by atoms with Gasteiger partial charge < -0.3 is 15.4 Å². The molecule has 1 saturated heterocycles. The number of nitrogen functional groups attached to an aromatic ring is 1. The monoisotopic (exact) mass is 554 g/mol. The minimum Gasteiger partial charge on any atom is -0.457 e. The quantitative estimate of drug-likeness (QED) is 0.339. The van der Waals surface area contributed by atoms with E-state index in [2.05, 4.69) is 32.5 Å². The number of carbonyl (C=O) groups is 1. The molecule has 1 fully saturated rings. The first kappa shape index (κ1) is 23.9. The Morgan fingerprint density at radius 3 is 2.58 bits per heavy atom. The SMILES string of the molecule is C=C(Br)C(=O)N1CCC[C@@H](n2nc(-c3ccc(Oc4ccc(F)c(F)c4)cc3)c3c(N)ncnc32)C1. The number of rotatable bonds is 5. The molecule has 0 unspecified atom stereocenters. The van der Waals surface area contributed by atoms with Crippen molar-refractivity contribution in [1.29, 1.82) is 0 Å². The molecule has 184 valence electrons. The van der Waals surface area contributed by atoms with E-state index < -0.39 is 11.6 Å². The van der Waals surface area contributed by atoms with Gasteiger partial charge in [-0.05, 0) is 65.2 Å². The predicted molar refractivity (Wildman–Crippen MR) is 135 cm³/mol. The second-order valence-corrected chi connectivity index (χ2v) is 9.36. The van der Waals surface area contributed by atoms with Crippen molar-refractivity contribution in [2.75, 3.05) is 18.8 Å². The molecular formula is C25H21BrF2N6O2. The van der Waals surface area contributed by atoms with Gasteiger partial charge in [0.1, 0.15) is 29.3 Å². The topological polar surface area (TPSA) is 99.2 Å². The smallest absolute Gasteiger partial charge is 0.260 e. The van der Waals surface area contributed by atoms with Gasteiger partial charge in [-0.2, -0.15) is 5.10 Å². The molecule has 11 heteroatoms. The van der Waals surface area contributed by atoms with Crippen molar-refractivity contribution < 1.29 is 18.3 Å². The normalized spacial score (nSPS) is 15.8. The summed E-state index contributed by atoms with van der Waals surface area (Å²) in [6.07, 6.45) is 3.02. The lowest BCUT2D eigenvalue weighted by molar-refractivity contribution is -0.127. The van der Waals surface area contributed by atoms with Gasteiger partial charge in [0.2, 0.25) is 0 Å². The van der Waals surface area contributed by atoms with Crippen LogP contribution in [0.5, 0.6) is 11.5 Å². The van der Waals surface area contributed by atoms with E-state index in [4.69, 9.17) is 15.6 Å². The van der Waals surface area contributed by atoms with Gasteiger partial charge in [-0.25, -0.2) is 23.4 Å². The summed E-state index contributed by atoms with van der Waals surface area (Å²) in [6, 6.07) is 10.2. The third-order valence-corrected chi connectivity index (χ3v) is 6.37. The lowest BCUT2D eigenvalue weighted by atomic mass is 10.1. The number of fused-ring (bicyclic) bond motifs is 1. The Kier molecular flexibility index (Phi) is 6.40. The number of hydrogen-bond acceptors (Lipinski definition) is 6. The molecule has 0 spiro atoms. The van der Waals surface area contributed by atoms with Crippen LogP contribution < -0.4 is 10.5 Å². The van der Waals surface area contributed by atoms with Crippen molar-refractivity contribution >= 4 is 38.7 Å². The Hall–Kier alpha value is -3.86. The summed E-state index contributed by atoms with van der Waals surface area (Å²) in [4.78, 5) is 22.8. The van der Waals surface area contributed by atoms with E-state index in [1.807, 2.05) is 4.68 Å². The molecule has 36 heavy (non-hydrogen) atoms. The van der Waals surface area contributed by atoms with Crippen LogP contribution in [0.3, 0.4) is 0 Å². The number of amides is 1. The molecule has 2 N–H and O–H groups in total. The molecule has 0 radical (unpaired) electrons. The molecular weight excluding hydrogens is 534 g/mol. The van der Waals surface area contributed by atoms with Crippen LogP contribution in [0.15, 0.2) is 59.9 Å². The second-order valence-electron chi connectivity index (χ2n) is 8.41. The highest BCUT2D eigenvalue weighted by molar-refractivity contribution is 9.12. The molecule has 1 aliphatic heterocycles. The summed E-state index contributed by atoms with van der Waals surface area (Å²) in [5.41, 5.74) is 8.15. The highest BCUT2D eigenvalue weighted by atomic mass is 79.9. The number of piperidine rings is 1. The number of nitrogens with two attached hydrogens (primary N) is 1. The van der Waals surface area contributed by atoms with E-state index in [1.54, 1.807) is 29.2 Å². The number of aromatic nitrogens is 4. The van der Waals surface area contributed by atoms with Gasteiger partial charge in [0.25, 0.3) is 5.91 Å². The molecule has 2 aromatic carbocycles. The first-order chi connectivity index (χ1) is 17.3. The van der Waals surface area contributed by atoms with Crippen molar-refractivity contribution in [3.63, 3.8) is 0 Å². The van der Waals surface area contributed by atoms with Crippen LogP contribution >= 0.6 is 15.9 Å². The van der Waals surface area contributed by atoms with E-state index in [1.165, 1.54) is 12.4 Å². The Morgan fingerprint density at radius 1 is 1.11 bits per heavy atom. The van der Waals surface area contributed by atoms with Crippen LogP contribution in [0.4, 0.5) is 14.6 Å². The van der Waals surface area contributed by atoms with Crippen LogP contribution in [0.1, 0.15) is 18.9 Å². The van der Waals surface area contributed by atoms with E-state index >= 15 is 0 Å². The number of ether oxygens (including phenoxy) is 1.